The second kappa shape index (κ2) is 4.89. The highest BCUT2D eigenvalue weighted by Gasteiger charge is 2.14. The first-order chi connectivity index (χ1) is 9.61. The van der Waals surface area contributed by atoms with E-state index in [1.165, 1.54) is 12.1 Å². The fourth-order valence-electron chi connectivity index (χ4n) is 1.63. The summed E-state index contributed by atoms with van der Waals surface area (Å²) in [6.07, 6.45) is 0.312. The number of nitrogens with zero attached hydrogens (tertiary/aromatic N) is 4. The lowest BCUT2D eigenvalue weighted by Crippen LogP contribution is -1.93. The van der Waals surface area contributed by atoms with Crippen LogP contribution in [0.15, 0.2) is 22.7 Å². The molecule has 0 spiro atoms. The summed E-state index contributed by atoms with van der Waals surface area (Å²) in [5.74, 6) is 0.531. The summed E-state index contributed by atoms with van der Waals surface area (Å²) in [5.41, 5.74) is 6.08. The number of nitrogens with one attached hydrogen (secondary N) is 1. The molecule has 0 radical (unpaired) electrons. The van der Waals surface area contributed by atoms with Crippen LogP contribution in [-0.4, -0.2) is 25.3 Å². The van der Waals surface area contributed by atoms with Crippen LogP contribution in [0.2, 0.25) is 5.02 Å². The molecule has 0 fully saturated rings. The lowest BCUT2D eigenvalue weighted by Gasteiger charge is -2.00. The topological polar surface area (TPSA) is 107 Å². The third kappa shape index (κ3) is 2.45. The number of hydrogen-bond acceptors (Lipinski definition) is 6. The first kappa shape index (κ1) is 12.5. The van der Waals surface area contributed by atoms with Crippen LogP contribution in [0.25, 0.3) is 11.7 Å². The normalized spacial score (nSPS) is 10.9. The van der Waals surface area contributed by atoms with Crippen molar-refractivity contribution < 1.29 is 8.91 Å². The van der Waals surface area contributed by atoms with Gasteiger partial charge in [-0.1, -0.05) is 22.8 Å². The first-order valence-electron chi connectivity index (χ1n) is 5.56. The van der Waals surface area contributed by atoms with Gasteiger partial charge in [0.25, 0.3) is 5.89 Å². The Kier molecular flexibility index (Phi) is 3.07. The van der Waals surface area contributed by atoms with E-state index in [2.05, 4.69) is 25.3 Å². The maximum atomic E-state index is 12.9. The van der Waals surface area contributed by atoms with Gasteiger partial charge in [-0.2, -0.15) is 9.97 Å². The summed E-state index contributed by atoms with van der Waals surface area (Å²) in [7, 11) is 0. The maximum absolute atomic E-state index is 12.9. The molecule has 7 nitrogen and oxygen atoms in total. The predicted octanol–water partition coefficient (Wildman–Crippen LogP) is 1.82. The van der Waals surface area contributed by atoms with Crippen LogP contribution in [0.5, 0.6) is 0 Å². The number of nitrogen functional groups attached to an aromatic ring is 1. The van der Waals surface area contributed by atoms with Crippen molar-refractivity contribution in [3.05, 3.63) is 40.4 Å². The Morgan fingerprint density at radius 2 is 2.20 bits per heavy atom. The largest absolute Gasteiger partial charge is 0.366 e. The van der Waals surface area contributed by atoms with Gasteiger partial charge < -0.3 is 10.3 Å². The molecule has 3 N–H and O–H groups in total. The highest BCUT2D eigenvalue weighted by atomic mass is 35.5. The van der Waals surface area contributed by atoms with Crippen LogP contribution in [0.4, 0.5) is 10.3 Å². The molecule has 3 aromatic rings. The van der Waals surface area contributed by atoms with Gasteiger partial charge in [0.15, 0.2) is 5.82 Å². The number of H-pyrrole nitrogens is 1. The average Bonchev–Trinajstić information content (AvgIpc) is 3.02. The molecule has 0 aliphatic rings. The fourth-order valence-corrected chi connectivity index (χ4v) is 1.86. The van der Waals surface area contributed by atoms with Crippen molar-refractivity contribution >= 4 is 17.5 Å². The molecule has 2 aromatic heterocycles. The zero-order chi connectivity index (χ0) is 14.1. The third-order valence-electron chi connectivity index (χ3n) is 2.54. The number of halogens is 2. The molecular formula is C11H8ClFN6O. The van der Waals surface area contributed by atoms with Gasteiger partial charge in [-0.05, 0) is 17.7 Å². The lowest BCUT2D eigenvalue weighted by molar-refractivity contribution is 0.421. The predicted molar refractivity (Wildman–Crippen MR) is 68.3 cm³/mol. The molecule has 0 saturated carbocycles. The smallest absolute Gasteiger partial charge is 0.295 e. The number of nitrogens with two attached hydrogens (primary N) is 1. The van der Waals surface area contributed by atoms with Crippen LogP contribution >= 0.6 is 11.6 Å². The fraction of sp³-hybridized carbons (Fsp3) is 0.0909. The molecule has 0 saturated heterocycles. The molecule has 102 valence electrons. The summed E-state index contributed by atoms with van der Waals surface area (Å²) >= 11 is 5.94. The van der Waals surface area contributed by atoms with Crippen molar-refractivity contribution in [2.24, 2.45) is 0 Å². The van der Waals surface area contributed by atoms with Gasteiger partial charge in [-0.25, -0.2) is 4.39 Å². The van der Waals surface area contributed by atoms with Crippen LogP contribution in [0, 0.1) is 5.82 Å². The second-order valence-corrected chi connectivity index (χ2v) is 4.38. The van der Waals surface area contributed by atoms with Gasteiger partial charge in [-0.15, -0.1) is 5.10 Å². The zero-order valence-electron chi connectivity index (χ0n) is 9.97. The van der Waals surface area contributed by atoms with Crippen molar-refractivity contribution in [2.45, 2.75) is 6.42 Å². The Hall–Kier alpha value is -2.48. The maximum Gasteiger partial charge on any atom is 0.295 e. The van der Waals surface area contributed by atoms with Crippen LogP contribution < -0.4 is 5.73 Å². The van der Waals surface area contributed by atoms with Gasteiger partial charge in [0.2, 0.25) is 11.8 Å². The van der Waals surface area contributed by atoms with Crippen molar-refractivity contribution in [2.75, 3.05) is 5.73 Å². The molecule has 3 rings (SSSR count). The molecule has 0 aliphatic carbocycles. The molecule has 0 unspecified atom stereocenters. The molecule has 0 amide bonds. The number of aromatic nitrogens is 5. The van der Waals surface area contributed by atoms with Gasteiger partial charge in [-0.3, -0.25) is 5.10 Å². The van der Waals surface area contributed by atoms with E-state index >= 15 is 0 Å². The Bertz CT molecular complexity index is 755. The van der Waals surface area contributed by atoms with E-state index in [1.807, 2.05) is 0 Å². The van der Waals surface area contributed by atoms with Crippen LogP contribution in [0.1, 0.15) is 11.4 Å². The van der Waals surface area contributed by atoms with Gasteiger partial charge in [0.1, 0.15) is 5.82 Å². The van der Waals surface area contributed by atoms with E-state index in [4.69, 9.17) is 21.9 Å². The van der Waals surface area contributed by atoms with Crippen molar-refractivity contribution in [1.82, 2.24) is 25.3 Å². The molecule has 0 atom stereocenters. The minimum atomic E-state index is -0.398. The van der Waals surface area contributed by atoms with E-state index in [9.17, 15) is 4.39 Å². The quantitative estimate of drug-likeness (QED) is 0.763. The van der Waals surface area contributed by atoms with Gasteiger partial charge in [0.05, 0.1) is 0 Å². The highest BCUT2D eigenvalue weighted by Crippen LogP contribution is 2.20. The summed E-state index contributed by atoms with van der Waals surface area (Å²) in [6.45, 7) is 0. The molecule has 9 heteroatoms. The Morgan fingerprint density at radius 1 is 1.35 bits per heavy atom. The van der Waals surface area contributed by atoms with E-state index < -0.39 is 5.82 Å². The molecule has 20 heavy (non-hydrogen) atoms. The van der Waals surface area contributed by atoms with Crippen molar-refractivity contribution in [1.29, 1.82) is 0 Å². The monoisotopic (exact) mass is 294 g/mol. The summed E-state index contributed by atoms with van der Waals surface area (Å²) in [5, 5.41) is 10.3. The second-order valence-electron chi connectivity index (χ2n) is 3.97. The summed E-state index contributed by atoms with van der Waals surface area (Å²) in [6, 6.07) is 4.12. The Labute approximate surface area is 117 Å². The third-order valence-corrected chi connectivity index (χ3v) is 2.89. The molecule has 2 heterocycles. The number of rotatable bonds is 3. The molecular weight excluding hydrogens is 287 g/mol. The molecule has 0 aliphatic heterocycles. The Morgan fingerprint density at radius 3 is 2.90 bits per heavy atom. The van der Waals surface area contributed by atoms with Crippen molar-refractivity contribution in [3.8, 4) is 11.7 Å². The van der Waals surface area contributed by atoms with Crippen LogP contribution in [0.3, 0.4) is 0 Å². The standard InChI is InChI=1S/C11H8ClFN6O/c12-7-4-6(13)2-1-5(7)3-8-15-10(20-19-8)9-16-11(14)18-17-9/h1-2,4H,3H2,(H3,14,16,17,18). The van der Waals surface area contributed by atoms with Crippen LogP contribution in [-0.2, 0) is 6.42 Å². The summed E-state index contributed by atoms with van der Waals surface area (Å²) < 4.78 is 18.0. The number of hydrogen-bond donors (Lipinski definition) is 2. The summed E-state index contributed by atoms with van der Waals surface area (Å²) in [4.78, 5) is 8.00. The van der Waals surface area contributed by atoms with E-state index in [0.29, 0.717) is 22.8 Å². The highest BCUT2D eigenvalue weighted by molar-refractivity contribution is 6.31. The number of anilines is 1. The lowest BCUT2D eigenvalue weighted by atomic mass is 10.1. The minimum absolute atomic E-state index is 0.0846. The van der Waals surface area contributed by atoms with E-state index in [0.717, 1.165) is 0 Å². The number of benzene rings is 1. The van der Waals surface area contributed by atoms with E-state index in [1.54, 1.807) is 6.07 Å². The number of aromatic amines is 1. The Balaban J connectivity index is 1.84. The first-order valence-corrected chi connectivity index (χ1v) is 5.94. The van der Waals surface area contributed by atoms with Crippen molar-refractivity contribution in [3.63, 3.8) is 0 Å². The van der Waals surface area contributed by atoms with Gasteiger partial charge >= 0.3 is 0 Å². The average molecular weight is 295 g/mol. The van der Waals surface area contributed by atoms with Gasteiger partial charge in [0, 0.05) is 11.4 Å². The zero-order valence-corrected chi connectivity index (χ0v) is 10.7. The molecule has 0 bridgehead atoms. The minimum Gasteiger partial charge on any atom is -0.366 e. The SMILES string of the molecule is Nc1n[nH]c(-c2nc(Cc3ccc(F)cc3Cl)no2)n1. The molecule has 1 aromatic carbocycles. The van der Waals surface area contributed by atoms with E-state index in [-0.39, 0.29) is 17.7 Å².